The average Bonchev–Trinajstić information content (AvgIpc) is 2.65. The molecule has 0 amide bonds. The number of nitrogens with zero attached hydrogens (tertiary/aromatic N) is 1. The normalized spacial score (nSPS) is 36.2. The number of carboxylic acids is 1. The summed E-state index contributed by atoms with van der Waals surface area (Å²) >= 11 is 0. The van der Waals surface area contributed by atoms with Crippen molar-refractivity contribution in [2.75, 3.05) is 13.1 Å². The third kappa shape index (κ3) is 2.29. The third-order valence-electron chi connectivity index (χ3n) is 5.51. The van der Waals surface area contributed by atoms with Crippen LogP contribution in [0.5, 0.6) is 0 Å². The Balaban J connectivity index is 1.51. The summed E-state index contributed by atoms with van der Waals surface area (Å²) in [5.74, 6) is -0.650. The van der Waals surface area contributed by atoms with Gasteiger partial charge in [-0.15, -0.1) is 0 Å². The molecule has 3 fully saturated rings. The van der Waals surface area contributed by atoms with Gasteiger partial charge in [-0.25, -0.2) is 0 Å². The standard InChI is InChI=1S/C15H25NO2/c17-14(18)12-5-6-13(9-12)16-10-15(11-16)7-3-1-2-4-8-15/h12-13H,1-11H2,(H,17,18). The fraction of sp³-hybridized carbons (Fsp3) is 0.933. The number of carbonyl (C=O) groups is 1. The average molecular weight is 251 g/mol. The van der Waals surface area contributed by atoms with E-state index in [2.05, 4.69) is 4.90 Å². The smallest absolute Gasteiger partial charge is 0.306 e. The molecule has 0 bridgehead atoms. The molecule has 2 saturated carbocycles. The molecule has 1 heterocycles. The predicted octanol–water partition coefficient (Wildman–Crippen LogP) is 2.90. The van der Waals surface area contributed by atoms with Crippen molar-refractivity contribution in [3.63, 3.8) is 0 Å². The van der Waals surface area contributed by atoms with E-state index >= 15 is 0 Å². The zero-order chi connectivity index (χ0) is 12.6. The van der Waals surface area contributed by atoms with E-state index in [1.54, 1.807) is 0 Å². The van der Waals surface area contributed by atoms with Crippen molar-refractivity contribution in [2.24, 2.45) is 11.3 Å². The Bertz CT molecular complexity index is 312. The van der Waals surface area contributed by atoms with Crippen LogP contribution in [0.2, 0.25) is 0 Å². The number of hydrogen-bond acceptors (Lipinski definition) is 2. The zero-order valence-corrected chi connectivity index (χ0v) is 11.2. The van der Waals surface area contributed by atoms with Gasteiger partial charge in [0.05, 0.1) is 5.92 Å². The van der Waals surface area contributed by atoms with Gasteiger partial charge in [0.25, 0.3) is 0 Å². The van der Waals surface area contributed by atoms with E-state index in [0.29, 0.717) is 11.5 Å². The predicted molar refractivity (Wildman–Crippen MR) is 70.5 cm³/mol. The maximum Gasteiger partial charge on any atom is 0.306 e. The fourth-order valence-electron chi connectivity index (χ4n) is 4.38. The van der Waals surface area contributed by atoms with E-state index in [1.165, 1.54) is 51.6 Å². The van der Waals surface area contributed by atoms with E-state index in [1.807, 2.05) is 0 Å². The minimum absolute atomic E-state index is 0.0688. The molecule has 2 unspecified atom stereocenters. The Hall–Kier alpha value is -0.570. The minimum atomic E-state index is -0.581. The molecule has 102 valence electrons. The highest BCUT2D eigenvalue weighted by atomic mass is 16.4. The summed E-state index contributed by atoms with van der Waals surface area (Å²) in [5, 5.41) is 9.06. The van der Waals surface area contributed by atoms with Crippen LogP contribution in [0.1, 0.15) is 57.8 Å². The number of carboxylic acid groups (broad SMARTS) is 1. The molecule has 18 heavy (non-hydrogen) atoms. The molecule has 1 spiro atoms. The van der Waals surface area contributed by atoms with Gasteiger partial charge in [0, 0.05) is 19.1 Å². The fourth-order valence-corrected chi connectivity index (χ4v) is 4.38. The first-order chi connectivity index (χ1) is 8.69. The minimum Gasteiger partial charge on any atom is -0.481 e. The Kier molecular flexibility index (Phi) is 3.35. The molecule has 3 aliphatic rings. The molecule has 2 aliphatic carbocycles. The Morgan fingerprint density at radius 2 is 1.72 bits per heavy atom. The molecule has 3 rings (SSSR count). The van der Waals surface area contributed by atoms with Gasteiger partial charge in [-0.3, -0.25) is 9.69 Å². The molecular formula is C15H25NO2. The maximum absolute atomic E-state index is 11.0. The monoisotopic (exact) mass is 251 g/mol. The Morgan fingerprint density at radius 1 is 1.06 bits per heavy atom. The maximum atomic E-state index is 11.0. The second kappa shape index (κ2) is 4.84. The lowest BCUT2D eigenvalue weighted by Crippen LogP contribution is -2.59. The molecule has 0 aromatic heterocycles. The van der Waals surface area contributed by atoms with E-state index in [-0.39, 0.29) is 5.92 Å². The van der Waals surface area contributed by atoms with Crippen molar-refractivity contribution in [2.45, 2.75) is 63.8 Å². The summed E-state index contributed by atoms with van der Waals surface area (Å²) in [6, 6.07) is 0.569. The van der Waals surface area contributed by atoms with Crippen LogP contribution in [0.25, 0.3) is 0 Å². The first kappa shape index (κ1) is 12.5. The molecule has 0 aromatic rings. The van der Waals surface area contributed by atoms with Crippen molar-refractivity contribution in [1.82, 2.24) is 4.90 Å². The topological polar surface area (TPSA) is 40.5 Å². The molecular weight excluding hydrogens is 226 g/mol. The van der Waals surface area contributed by atoms with Gasteiger partial charge in [0.2, 0.25) is 0 Å². The van der Waals surface area contributed by atoms with Crippen LogP contribution >= 0.6 is 0 Å². The van der Waals surface area contributed by atoms with Crippen molar-refractivity contribution < 1.29 is 9.90 Å². The number of hydrogen-bond donors (Lipinski definition) is 1. The van der Waals surface area contributed by atoms with E-state index in [4.69, 9.17) is 5.11 Å². The Labute approximate surface area is 110 Å². The molecule has 1 N–H and O–H groups in total. The summed E-state index contributed by atoms with van der Waals surface area (Å²) in [4.78, 5) is 13.6. The molecule has 2 atom stereocenters. The first-order valence-electron chi connectivity index (χ1n) is 7.65. The summed E-state index contributed by atoms with van der Waals surface area (Å²) in [6.07, 6.45) is 11.4. The van der Waals surface area contributed by atoms with Crippen LogP contribution in [0.3, 0.4) is 0 Å². The summed E-state index contributed by atoms with van der Waals surface area (Å²) in [6.45, 7) is 2.51. The van der Waals surface area contributed by atoms with Gasteiger partial charge in [0.1, 0.15) is 0 Å². The van der Waals surface area contributed by atoms with Crippen molar-refractivity contribution in [1.29, 1.82) is 0 Å². The summed E-state index contributed by atoms with van der Waals surface area (Å²) in [7, 11) is 0. The molecule has 0 aromatic carbocycles. The number of aliphatic carboxylic acids is 1. The van der Waals surface area contributed by atoms with Gasteiger partial charge >= 0.3 is 5.97 Å². The second-order valence-corrected chi connectivity index (χ2v) is 6.82. The molecule has 3 nitrogen and oxygen atoms in total. The summed E-state index contributed by atoms with van der Waals surface area (Å²) in [5.41, 5.74) is 0.623. The van der Waals surface area contributed by atoms with Gasteiger partial charge in [-0.2, -0.15) is 0 Å². The van der Waals surface area contributed by atoms with Gasteiger partial charge in [-0.05, 0) is 37.5 Å². The van der Waals surface area contributed by atoms with E-state index in [0.717, 1.165) is 19.3 Å². The largest absolute Gasteiger partial charge is 0.481 e. The van der Waals surface area contributed by atoms with E-state index in [9.17, 15) is 4.79 Å². The molecule has 3 heteroatoms. The lowest BCUT2D eigenvalue weighted by molar-refractivity contribution is -0.141. The summed E-state index contributed by atoms with van der Waals surface area (Å²) < 4.78 is 0. The van der Waals surface area contributed by atoms with Crippen LogP contribution < -0.4 is 0 Å². The number of rotatable bonds is 2. The third-order valence-corrected chi connectivity index (χ3v) is 5.51. The highest BCUT2D eigenvalue weighted by molar-refractivity contribution is 5.70. The highest BCUT2D eigenvalue weighted by Gasteiger charge is 2.46. The first-order valence-corrected chi connectivity index (χ1v) is 7.65. The van der Waals surface area contributed by atoms with Crippen LogP contribution in [-0.2, 0) is 4.79 Å². The van der Waals surface area contributed by atoms with Crippen LogP contribution in [-0.4, -0.2) is 35.1 Å². The van der Waals surface area contributed by atoms with Crippen molar-refractivity contribution in [3.05, 3.63) is 0 Å². The van der Waals surface area contributed by atoms with Crippen LogP contribution in [0.15, 0.2) is 0 Å². The highest BCUT2D eigenvalue weighted by Crippen LogP contribution is 2.46. The Morgan fingerprint density at radius 3 is 2.28 bits per heavy atom. The van der Waals surface area contributed by atoms with Crippen molar-refractivity contribution >= 4 is 5.97 Å². The lowest BCUT2D eigenvalue weighted by atomic mass is 9.72. The second-order valence-electron chi connectivity index (χ2n) is 6.82. The molecule has 0 radical (unpaired) electrons. The van der Waals surface area contributed by atoms with Crippen LogP contribution in [0.4, 0.5) is 0 Å². The van der Waals surface area contributed by atoms with E-state index < -0.39 is 5.97 Å². The number of likely N-dealkylation sites (tertiary alicyclic amines) is 1. The zero-order valence-electron chi connectivity index (χ0n) is 11.2. The molecule has 1 saturated heterocycles. The van der Waals surface area contributed by atoms with Gasteiger partial charge in [-0.1, -0.05) is 25.7 Å². The van der Waals surface area contributed by atoms with Gasteiger partial charge in [0.15, 0.2) is 0 Å². The quantitative estimate of drug-likeness (QED) is 0.820. The lowest BCUT2D eigenvalue weighted by Gasteiger charge is -2.53. The van der Waals surface area contributed by atoms with Crippen LogP contribution in [0, 0.1) is 11.3 Å². The van der Waals surface area contributed by atoms with Crippen molar-refractivity contribution in [3.8, 4) is 0 Å². The molecule has 1 aliphatic heterocycles. The SMILES string of the molecule is O=C(O)C1CCC(N2CC3(CCCCCC3)C2)C1. The van der Waals surface area contributed by atoms with Gasteiger partial charge < -0.3 is 5.11 Å².